The maximum Gasteiger partial charge on any atom is 0.315 e. The van der Waals surface area contributed by atoms with Gasteiger partial charge in [0, 0.05) is 18.2 Å². The second-order valence-electron chi connectivity index (χ2n) is 5.97. The van der Waals surface area contributed by atoms with Crippen LogP contribution in [0.15, 0.2) is 62.7 Å². The van der Waals surface area contributed by atoms with Gasteiger partial charge in [-0.1, -0.05) is 29.4 Å². The molecule has 0 spiro atoms. The highest BCUT2D eigenvalue weighted by molar-refractivity contribution is 7.16. The van der Waals surface area contributed by atoms with E-state index in [4.69, 9.17) is 10.8 Å². The number of hydrogen-bond acceptors (Lipinski definition) is 6. The second-order valence-corrected chi connectivity index (χ2v) is 6.98. The lowest BCUT2D eigenvalue weighted by Gasteiger charge is -2.00. The van der Waals surface area contributed by atoms with E-state index in [2.05, 4.69) is 10.9 Å². The highest BCUT2D eigenvalue weighted by Crippen LogP contribution is 2.23. The molecule has 0 saturated carbocycles. The Morgan fingerprint density at radius 2 is 2.07 bits per heavy atom. The van der Waals surface area contributed by atoms with E-state index in [1.54, 1.807) is 34.9 Å². The second kappa shape index (κ2) is 7.18. The van der Waals surface area contributed by atoms with Crippen molar-refractivity contribution in [2.24, 2.45) is 4.99 Å². The summed E-state index contributed by atoms with van der Waals surface area (Å²) in [5.74, 6) is 1.52. The third-order valence-corrected chi connectivity index (χ3v) is 5.21. The molecule has 1 amide bonds. The van der Waals surface area contributed by atoms with E-state index in [1.807, 2.05) is 0 Å². The van der Waals surface area contributed by atoms with Crippen LogP contribution in [0.2, 0.25) is 0 Å². The number of carbonyl (C=O) groups excluding carboxylic acids is 1. The van der Waals surface area contributed by atoms with Crippen LogP contribution < -0.4 is 10.2 Å². The molecule has 0 saturated heterocycles. The number of carbonyl (C=O) groups is 1. The molecule has 4 rings (SSSR count). The normalized spacial score (nSPS) is 11.6. The molecule has 0 aliphatic rings. The molecule has 0 radical (unpaired) electrons. The van der Waals surface area contributed by atoms with Crippen molar-refractivity contribution < 1.29 is 14.1 Å². The minimum atomic E-state index is -0.750. The first-order chi connectivity index (χ1) is 14.0. The summed E-state index contributed by atoms with van der Waals surface area (Å²) in [5, 5.41) is 11.4. The fourth-order valence-corrected chi connectivity index (χ4v) is 3.92. The summed E-state index contributed by atoms with van der Waals surface area (Å²) >= 11 is 1.08. The van der Waals surface area contributed by atoms with Gasteiger partial charge in [0.05, 0.1) is 27.1 Å². The van der Waals surface area contributed by atoms with Crippen molar-refractivity contribution in [3.8, 4) is 12.3 Å². The molecule has 2 aromatic heterocycles. The first-order valence-corrected chi connectivity index (χ1v) is 9.13. The predicted molar refractivity (Wildman–Crippen MR) is 108 cm³/mol. The van der Waals surface area contributed by atoms with Gasteiger partial charge in [0.2, 0.25) is 0 Å². The van der Waals surface area contributed by atoms with Crippen molar-refractivity contribution in [1.82, 2.24) is 4.57 Å². The third-order valence-electron chi connectivity index (χ3n) is 4.17. The molecule has 9 heteroatoms. The number of hydrogen-bond donors (Lipinski definition) is 0. The van der Waals surface area contributed by atoms with Crippen LogP contribution in [0.25, 0.3) is 21.2 Å². The van der Waals surface area contributed by atoms with Crippen molar-refractivity contribution in [1.29, 1.82) is 0 Å². The van der Waals surface area contributed by atoms with Crippen molar-refractivity contribution in [2.45, 2.75) is 6.54 Å². The van der Waals surface area contributed by atoms with Crippen LogP contribution in [0.1, 0.15) is 10.6 Å². The fraction of sp³-hybridized carbons (Fsp3) is 0.0500. The van der Waals surface area contributed by atoms with E-state index in [1.165, 1.54) is 12.1 Å². The number of benzene rings is 2. The Kier molecular flexibility index (Phi) is 4.54. The number of terminal acetylenes is 1. The summed E-state index contributed by atoms with van der Waals surface area (Å²) in [6.45, 7) is 0.117. The molecule has 2 heterocycles. The van der Waals surface area contributed by atoms with Gasteiger partial charge in [-0.15, -0.1) is 6.42 Å². The quantitative estimate of drug-likeness (QED) is 0.296. The Bertz CT molecular complexity index is 1470. The first kappa shape index (κ1) is 18.3. The minimum Gasteiger partial charge on any atom is -0.451 e. The van der Waals surface area contributed by atoms with Gasteiger partial charge in [0.25, 0.3) is 5.69 Å². The largest absolute Gasteiger partial charge is 0.451 e. The molecular weight excluding hydrogens is 394 g/mol. The molecule has 0 fully saturated rings. The summed E-state index contributed by atoms with van der Waals surface area (Å²) in [6, 6.07) is 12.0. The van der Waals surface area contributed by atoms with Crippen molar-refractivity contribution in [2.75, 3.05) is 0 Å². The van der Waals surface area contributed by atoms with Crippen LogP contribution in [0.3, 0.4) is 0 Å². The number of nitro groups is 1. The highest BCUT2D eigenvalue weighted by Gasteiger charge is 2.15. The maximum atomic E-state index is 12.7. The van der Waals surface area contributed by atoms with Gasteiger partial charge >= 0.3 is 5.91 Å². The van der Waals surface area contributed by atoms with Crippen LogP contribution >= 0.6 is 11.3 Å². The van der Waals surface area contributed by atoms with E-state index >= 15 is 0 Å². The van der Waals surface area contributed by atoms with E-state index in [0.717, 1.165) is 17.4 Å². The zero-order valence-electron chi connectivity index (χ0n) is 14.7. The van der Waals surface area contributed by atoms with Gasteiger partial charge in [0.1, 0.15) is 5.58 Å². The van der Waals surface area contributed by atoms with Crippen LogP contribution in [0.5, 0.6) is 0 Å². The summed E-state index contributed by atoms with van der Waals surface area (Å²) < 4.78 is 7.68. The molecular formula is C20H11N3O5S. The van der Waals surface area contributed by atoms with Gasteiger partial charge in [0.15, 0.2) is 16.0 Å². The monoisotopic (exact) mass is 405 g/mol. The average Bonchev–Trinajstić information content (AvgIpc) is 3.04. The number of aromatic nitrogens is 1. The number of rotatable bonds is 3. The Balaban J connectivity index is 1.88. The standard InChI is InChI=1S/C20H11N3O5S/c1-2-9-22-14-8-7-12(23(26)27)10-18(14)29-20(22)21-19(25)17-11-15(24)13-5-3-4-6-16(13)28-17/h1,3-8,10-11H,9H2. The fourth-order valence-electron chi connectivity index (χ4n) is 2.86. The Hall–Kier alpha value is -4.03. The van der Waals surface area contributed by atoms with E-state index in [9.17, 15) is 19.7 Å². The Labute approximate surface area is 166 Å². The molecule has 2 aromatic carbocycles. The number of non-ortho nitro benzene ring substituents is 1. The molecule has 0 bridgehead atoms. The minimum absolute atomic E-state index is 0.0787. The number of para-hydroxylation sites is 1. The van der Waals surface area contributed by atoms with Crippen LogP contribution in [0.4, 0.5) is 5.69 Å². The number of fused-ring (bicyclic) bond motifs is 2. The van der Waals surface area contributed by atoms with Crippen LogP contribution in [0, 0.1) is 22.5 Å². The zero-order valence-corrected chi connectivity index (χ0v) is 15.5. The molecule has 0 unspecified atom stereocenters. The molecule has 142 valence electrons. The number of nitro benzene ring substituents is 1. The molecule has 0 aliphatic heterocycles. The number of amides is 1. The smallest absolute Gasteiger partial charge is 0.315 e. The summed E-state index contributed by atoms with van der Waals surface area (Å²) in [5.41, 5.74) is 0.464. The number of thiazole rings is 1. The summed E-state index contributed by atoms with van der Waals surface area (Å²) in [4.78, 5) is 39.7. The van der Waals surface area contributed by atoms with Crippen molar-refractivity contribution in [3.05, 3.63) is 79.4 Å². The Morgan fingerprint density at radius 3 is 2.83 bits per heavy atom. The molecule has 29 heavy (non-hydrogen) atoms. The van der Waals surface area contributed by atoms with Gasteiger partial charge in [-0.2, -0.15) is 4.99 Å². The van der Waals surface area contributed by atoms with E-state index in [0.29, 0.717) is 15.6 Å². The van der Waals surface area contributed by atoms with Gasteiger partial charge in [-0.05, 0) is 18.2 Å². The lowest BCUT2D eigenvalue weighted by molar-refractivity contribution is -0.384. The van der Waals surface area contributed by atoms with Crippen molar-refractivity contribution >= 4 is 44.1 Å². The predicted octanol–water partition coefficient (Wildman–Crippen LogP) is 3.09. The lowest BCUT2D eigenvalue weighted by atomic mass is 10.2. The van der Waals surface area contributed by atoms with Gasteiger partial charge < -0.3 is 8.98 Å². The molecule has 0 N–H and O–H groups in total. The first-order valence-electron chi connectivity index (χ1n) is 8.31. The van der Waals surface area contributed by atoms with Gasteiger partial charge in [-0.3, -0.25) is 19.7 Å². The maximum absolute atomic E-state index is 12.7. The van der Waals surface area contributed by atoms with E-state index in [-0.39, 0.29) is 33.8 Å². The van der Waals surface area contributed by atoms with Crippen molar-refractivity contribution in [3.63, 3.8) is 0 Å². The summed E-state index contributed by atoms with van der Waals surface area (Å²) in [6.07, 6.45) is 5.42. The third kappa shape index (κ3) is 3.33. The van der Waals surface area contributed by atoms with Gasteiger partial charge in [-0.25, -0.2) is 0 Å². The SMILES string of the molecule is C#CCn1c(=NC(=O)c2cc(=O)c3ccccc3o2)sc2cc([N+](=O)[O-])ccc21. The topological polar surface area (TPSA) is 108 Å². The Morgan fingerprint density at radius 1 is 1.28 bits per heavy atom. The molecule has 0 aliphatic carbocycles. The molecule has 8 nitrogen and oxygen atoms in total. The number of nitrogens with zero attached hydrogens (tertiary/aromatic N) is 3. The summed E-state index contributed by atoms with van der Waals surface area (Å²) in [7, 11) is 0. The lowest BCUT2D eigenvalue weighted by Crippen LogP contribution is -2.17. The molecule has 4 aromatic rings. The van der Waals surface area contributed by atoms with Crippen LogP contribution in [-0.4, -0.2) is 15.4 Å². The van der Waals surface area contributed by atoms with Crippen LogP contribution in [-0.2, 0) is 6.54 Å². The van der Waals surface area contributed by atoms with E-state index < -0.39 is 10.8 Å². The zero-order chi connectivity index (χ0) is 20.5. The molecule has 0 atom stereocenters. The highest BCUT2D eigenvalue weighted by atomic mass is 32.1. The average molecular weight is 405 g/mol.